The predicted octanol–water partition coefficient (Wildman–Crippen LogP) is 0.548. The Balaban J connectivity index is 1.98. The fourth-order valence-electron chi connectivity index (χ4n) is 1.70. The Morgan fingerprint density at radius 3 is 2.93 bits per heavy atom. The Labute approximate surface area is 82.2 Å². The third kappa shape index (κ3) is 1.85. The van der Waals surface area contributed by atoms with Crippen LogP contribution in [0, 0.1) is 0 Å². The fraction of sp³-hybridized carbons (Fsp3) is 0.600. The van der Waals surface area contributed by atoms with Gasteiger partial charge in [0.15, 0.2) is 0 Å². The Bertz CT molecular complexity index is 368. The summed E-state index contributed by atoms with van der Waals surface area (Å²) in [6, 6.07) is 3.11. The molecule has 0 aromatic carbocycles. The van der Waals surface area contributed by atoms with E-state index in [1.807, 2.05) is 0 Å². The van der Waals surface area contributed by atoms with Crippen LogP contribution >= 0.6 is 0 Å². The van der Waals surface area contributed by atoms with Crippen molar-refractivity contribution in [1.29, 1.82) is 0 Å². The average molecular weight is 194 g/mol. The molecule has 4 nitrogen and oxygen atoms in total. The second-order valence-corrected chi connectivity index (χ2v) is 3.91. The molecule has 76 valence electrons. The number of hydrogen-bond donors (Lipinski definition) is 1. The van der Waals surface area contributed by atoms with Gasteiger partial charge in [-0.2, -0.15) is 5.10 Å². The summed E-state index contributed by atoms with van der Waals surface area (Å²) in [6.07, 6.45) is 5.02. The standard InChI is InChI=1S/C10H14N2O2/c13-9-3-1-7-11-12(9)8-6-10(14)4-2-5-10/h1,3,7,14H,2,4-6,8H2. The highest BCUT2D eigenvalue weighted by atomic mass is 16.3. The highest BCUT2D eigenvalue weighted by Crippen LogP contribution is 2.34. The van der Waals surface area contributed by atoms with Gasteiger partial charge in [-0.25, -0.2) is 4.68 Å². The van der Waals surface area contributed by atoms with Crippen LogP contribution in [0.2, 0.25) is 0 Å². The van der Waals surface area contributed by atoms with Crippen molar-refractivity contribution in [1.82, 2.24) is 9.78 Å². The van der Waals surface area contributed by atoms with Gasteiger partial charge in [0.25, 0.3) is 5.56 Å². The topological polar surface area (TPSA) is 55.1 Å². The first-order chi connectivity index (χ1) is 6.70. The molecular weight excluding hydrogens is 180 g/mol. The minimum absolute atomic E-state index is 0.101. The molecule has 14 heavy (non-hydrogen) atoms. The van der Waals surface area contributed by atoms with Crippen molar-refractivity contribution in [3.05, 3.63) is 28.7 Å². The lowest BCUT2D eigenvalue weighted by atomic mass is 9.78. The van der Waals surface area contributed by atoms with Crippen LogP contribution in [0.3, 0.4) is 0 Å². The van der Waals surface area contributed by atoms with Crippen LogP contribution in [-0.2, 0) is 6.54 Å². The van der Waals surface area contributed by atoms with Crippen LogP contribution in [0.5, 0.6) is 0 Å². The molecular formula is C10H14N2O2. The Morgan fingerprint density at radius 1 is 1.57 bits per heavy atom. The Hall–Kier alpha value is -1.16. The van der Waals surface area contributed by atoms with Crippen LogP contribution < -0.4 is 5.56 Å². The maximum absolute atomic E-state index is 11.3. The van der Waals surface area contributed by atoms with Crippen molar-refractivity contribution in [2.24, 2.45) is 0 Å². The van der Waals surface area contributed by atoms with E-state index in [9.17, 15) is 9.90 Å². The molecule has 4 heteroatoms. The van der Waals surface area contributed by atoms with Gasteiger partial charge in [-0.05, 0) is 31.7 Å². The maximum Gasteiger partial charge on any atom is 0.266 e. The van der Waals surface area contributed by atoms with Crippen molar-refractivity contribution < 1.29 is 5.11 Å². The molecule has 1 aliphatic rings. The van der Waals surface area contributed by atoms with Crippen LogP contribution in [0.1, 0.15) is 25.7 Å². The molecule has 0 amide bonds. The van der Waals surface area contributed by atoms with E-state index < -0.39 is 5.60 Å². The van der Waals surface area contributed by atoms with Gasteiger partial charge < -0.3 is 5.11 Å². The molecule has 1 N–H and O–H groups in total. The first kappa shape index (κ1) is 9.40. The molecule has 0 bridgehead atoms. The van der Waals surface area contributed by atoms with Crippen molar-refractivity contribution >= 4 is 0 Å². The van der Waals surface area contributed by atoms with E-state index in [0.717, 1.165) is 19.3 Å². The summed E-state index contributed by atoms with van der Waals surface area (Å²) in [5, 5.41) is 13.8. The maximum atomic E-state index is 11.3. The second kappa shape index (κ2) is 3.53. The van der Waals surface area contributed by atoms with Gasteiger partial charge in [0.05, 0.1) is 5.60 Å². The van der Waals surface area contributed by atoms with Gasteiger partial charge in [-0.15, -0.1) is 0 Å². The second-order valence-electron chi connectivity index (χ2n) is 3.91. The summed E-state index contributed by atoms with van der Waals surface area (Å²) in [6.45, 7) is 0.510. The number of rotatable bonds is 3. The van der Waals surface area contributed by atoms with E-state index in [2.05, 4.69) is 5.10 Å². The third-order valence-corrected chi connectivity index (χ3v) is 2.86. The van der Waals surface area contributed by atoms with Gasteiger partial charge in [0.2, 0.25) is 0 Å². The number of aliphatic hydroxyl groups is 1. The molecule has 0 spiro atoms. The zero-order valence-electron chi connectivity index (χ0n) is 8.02. The molecule has 1 aromatic rings. The fourth-order valence-corrected chi connectivity index (χ4v) is 1.70. The van der Waals surface area contributed by atoms with Gasteiger partial charge in [-0.3, -0.25) is 4.79 Å². The number of aromatic nitrogens is 2. The Kier molecular flexibility index (Phi) is 2.37. The molecule has 0 aliphatic heterocycles. The summed E-state index contributed by atoms with van der Waals surface area (Å²) in [7, 11) is 0. The number of hydrogen-bond acceptors (Lipinski definition) is 3. The minimum Gasteiger partial charge on any atom is -0.390 e. The Morgan fingerprint density at radius 2 is 2.36 bits per heavy atom. The van der Waals surface area contributed by atoms with E-state index in [0.29, 0.717) is 13.0 Å². The minimum atomic E-state index is -0.531. The number of aryl methyl sites for hydroxylation is 1. The van der Waals surface area contributed by atoms with Crippen LogP contribution in [0.4, 0.5) is 0 Å². The molecule has 0 atom stereocenters. The third-order valence-electron chi connectivity index (χ3n) is 2.86. The van der Waals surface area contributed by atoms with E-state index in [-0.39, 0.29) is 5.56 Å². The lowest BCUT2D eigenvalue weighted by Crippen LogP contribution is -2.38. The molecule has 0 saturated heterocycles. The summed E-state index contributed by atoms with van der Waals surface area (Å²) in [5.41, 5.74) is -0.632. The summed E-state index contributed by atoms with van der Waals surface area (Å²) in [4.78, 5) is 11.3. The SMILES string of the molecule is O=c1cccnn1CCC1(O)CCC1. The van der Waals surface area contributed by atoms with Gasteiger partial charge in [0, 0.05) is 18.8 Å². The van der Waals surface area contributed by atoms with E-state index in [1.165, 1.54) is 10.7 Å². The predicted molar refractivity (Wildman–Crippen MR) is 51.9 cm³/mol. The smallest absolute Gasteiger partial charge is 0.266 e. The van der Waals surface area contributed by atoms with Crippen molar-refractivity contribution in [3.8, 4) is 0 Å². The van der Waals surface area contributed by atoms with Crippen molar-refractivity contribution in [2.75, 3.05) is 0 Å². The van der Waals surface area contributed by atoms with E-state index in [4.69, 9.17) is 0 Å². The molecule has 1 saturated carbocycles. The molecule has 0 radical (unpaired) electrons. The van der Waals surface area contributed by atoms with Gasteiger partial charge in [0.1, 0.15) is 0 Å². The average Bonchev–Trinajstić information content (AvgIpc) is 2.14. The summed E-state index contributed by atoms with van der Waals surface area (Å²) < 4.78 is 1.40. The molecule has 1 aromatic heterocycles. The zero-order chi connectivity index (χ0) is 10.0. The molecule has 0 unspecified atom stereocenters. The van der Waals surface area contributed by atoms with Gasteiger partial charge in [-0.1, -0.05) is 0 Å². The normalized spacial score (nSPS) is 18.9. The molecule has 1 aliphatic carbocycles. The summed E-state index contributed by atoms with van der Waals surface area (Å²) in [5.74, 6) is 0. The first-order valence-corrected chi connectivity index (χ1v) is 4.94. The molecule has 2 rings (SSSR count). The number of nitrogens with zero attached hydrogens (tertiary/aromatic N) is 2. The van der Waals surface area contributed by atoms with E-state index >= 15 is 0 Å². The largest absolute Gasteiger partial charge is 0.390 e. The first-order valence-electron chi connectivity index (χ1n) is 4.94. The quantitative estimate of drug-likeness (QED) is 0.764. The lowest BCUT2D eigenvalue weighted by Gasteiger charge is -2.36. The molecule has 1 fully saturated rings. The zero-order valence-corrected chi connectivity index (χ0v) is 8.02. The summed E-state index contributed by atoms with van der Waals surface area (Å²) >= 11 is 0. The highest BCUT2D eigenvalue weighted by molar-refractivity contribution is 4.89. The monoisotopic (exact) mass is 194 g/mol. The van der Waals surface area contributed by atoms with Crippen LogP contribution in [-0.4, -0.2) is 20.5 Å². The molecule has 1 heterocycles. The van der Waals surface area contributed by atoms with Crippen LogP contribution in [0.15, 0.2) is 23.1 Å². The van der Waals surface area contributed by atoms with Crippen LogP contribution in [0.25, 0.3) is 0 Å². The lowest BCUT2D eigenvalue weighted by molar-refractivity contribution is -0.0441. The van der Waals surface area contributed by atoms with Crippen molar-refractivity contribution in [2.45, 2.75) is 37.8 Å². The van der Waals surface area contributed by atoms with Gasteiger partial charge >= 0.3 is 0 Å². The van der Waals surface area contributed by atoms with Crippen molar-refractivity contribution in [3.63, 3.8) is 0 Å². The highest BCUT2D eigenvalue weighted by Gasteiger charge is 2.33. The van der Waals surface area contributed by atoms with E-state index in [1.54, 1.807) is 12.3 Å².